The summed E-state index contributed by atoms with van der Waals surface area (Å²) >= 11 is 0. The Morgan fingerprint density at radius 2 is 0.375 bits per heavy atom. The Morgan fingerprint density at radius 3 is 0.608 bits per heavy atom. The van der Waals surface area contributed by atoms with E-state index in [1.165, 1.54) is 76.5 Å². The molecule has 0 spiro atoms. The summed E-state index contributed by atoms with van der Waals surface area (Å²) < 4.78 is 0. The van der Waals surface area contributed by atoms with Gasteiger partial charge in [-0.1, -0.05) is 413 Å². The van der Waals surface area contributed by atoms with Gasteiger partial charge in [-0.2, -0.15) is 36.4 Å². The number of aliphatic hydroxyl groups is 2. The molecule has 0 amide bonds. The Bertz CT molecular complexity index is 6480. The predicted molar refractivity (Wildman–Crippen MR) is 487 cm³/mol. The standard InChI is InChI=1S/C40H28O2.C40H26.C28H16O2.C6H5.Li.H2O/c41-39(27-15-3-1-4-16-27)33-23-11-7-19-29(33)37(30-20-8-12-24-34(30)39)38-31-21-9-13-25-35(31)40(42,28-17-5-2-6-18-28)36-26-14-10-22-32(36)38;1-3-15-27(16-4-1)37-29-19-7-11-23-33(29)39(34-24-12-8-20-30(34)37)40-35-25-13-9-21-31(35)38(28-17-5-2-6-18-28)32-22-10-14-26-36(32)40;29-27-21-13-5-1-9-17(21)25(18-10-2-6-14-22(18)27)26-19-11-3-7-15-23(19)28(30)24-16-8-4-12-20(24)26;1-2-4-6-5-3-1;;/h1-26,41-42H;1-26H;1-16H;1-5H;;1H2/q;;;-1;+1;. The van der Waals surface area contributed by atoms with Crippen LogP contribution in [-0.2, 0) is 11.2 Å². The van der Waals surface area contributed by atoms with Crippen LogP contribution in [0.4, 0.5) is 0 Å². The fourth-order valence-electron chi connectivity index (χ4n) is 18.9. The molecule has 0 saturated carbocycles. The van der Waals surface area contributed by atoms with Crippen molar-refractivity contribution in [2.24, 2.45) is 0 Å². The Balaban J connectivity index is 0.000000119. The van der Waals surface area contributed by atoms with Gasteiger partial charge >= 0.3 is 18.9 Å². The van der Waals surface area contributed by atoms with Gasteiger partial charge in [0.1, 0.15) is 11.2 Å². The second-order valence-electron chi connectivity index (χ2n) is 30.2. The van der Waals surface area contributed by atoms with Gasteiger partial charge in [-0.05, 0) is 154 Å². The molecule has 23 rings (SSSR count). The van der Waals surface area contributed by atoms with E-state index < -0.39 is 11.2 Å². The Hall–Kier alpha value is -14.5. The molecule has 19 aromatic carbocycles. The average molecular weight is 1530 g/mol. The van der Waals surface area contributed by atoms with E-state index in [1.54, 1.807) is 0 Å². The molecule has 0 heterocycles. The van der Waals surface area contributed by atoms with Gasteiger partial charge in [0, 0.05) is 44.5 Å². The van der Waals surface area contributed by atoms with Gasteiger partial charge < -0.3 is 15.7 Å². The average Bonchev–Trinajstić information content (AvgIpc) is 0.698. The molecule has 564 valence electrons. The van der Waals surface area contributed by atoms with Gasteiger partial charge in [0.2, 0.25) is 0 Å². The monoisotopic (exact) mass is 1530 g/mol. The third-order valence-electron chi connectivity index (χ3n) is 23.8. The molecule has 0 radical (unpaired) electrons. The Kier molecular flexibility index (Phi) is 20.8. The molecule has 4 aliphatic carbocycles. The molecule has 0 saturated heterocycles. The normalized spacial score (nSPS) is 14.8. The molecule has 5 nitrogen and oxygen atoms in total. The minimum absolute atomic E-state index is 0. The van der Waals surface area contributed by atoms with E-state index >= 15 is 0 Å². The fraction of sp³-hybridized carbons (Fsp3) is 0.0175. The zero-order valence-corrected chi connectivity index (χ0v) is 65.9. The minimum Gasteiger partial charge on any atom is -0.412 e. The van der Waals surface area contributed by atoms with Crippen molar-refractivity contribution in [2.45, 2.75) is 11.2 Å². The second kappa shape index (κ2) is 32.5. The number of rotatable bonds is 5. The Morgan fingerprint density at radius 1 is 0.192 bits per heavy atom. The van der Waals surface area contributed by atoms with Crippen molar-refractivity contribution in [3.8, 4) is 33.4 Å². The van der Waals surface area contributed by atoms with E-state index in [0.717, 1.165) is 100 Å². The molecule has 0 fully saturated rings. The van der Waals surface area contributed by atoms with Crippen molar-refractivity contribution < 1.29 is 44.1 Å². The quantitative estimate of drug-likeness (QED) is 0.102. The van der Waals surface area contributed by atoms with Gasteiger partial charge in [0.05, 0.1) is 0 Å². The Labute approximate surface area is 709 Å². The first kappa shape index (κ1) is 76.8. The number of carbonyl (C=O) groups is 2. The van der Waals surface area contributed by atoms with Crippen LogP contribution in [0.5, 0.6) is 0 Å². The maximum atomic E-state index is 13.2. The summed E-state index contributed by atoms with van der Waals surface area (Å²) in [6, 6.07) is 154. The van der Waals surface area contributed by atoms with E-state index in [-0.39, 0.29) is 35.9 Å². The maximum Gasteiger partial charge on any atom is 1.00 e. The summed E-state index contributed by atoms with van der Waals surface area (Å²) in [7, 11) is 0. The van der Waals surface area contributed by atoms with Crippen molar-refractivity contribution in [2.75, 3.05) is 0 Å². The number of hydrogen-bond donors (Lipinski definition) is 2. The van der Waals surface area contributed by atoms with Crippen LogP contribution in [0.2, 0.25) is 0 Å². The smallest absolute Gasteiger partial charge is 0.412 e. The molecule has 19 aromatic rings. The summed E-state index contributed by atoms with van der Waals surface area (Å²) in [6.45, 7) is 0. The zero-order chi connectivity index (χ0) is 79.3. The first-order valence-electron chi connectivity index (χ1n) is 40.1. The van der Waals surface area contributed by atoms with Gasteiger partial charge in [-0.15, -0.1) is 0 Å². The molecule has 0 aromatic heterocycles. The van der Waals surface area contributed by atoms with E-state index in [9.17, 15) is 19.8 Å². The summed E-state index contributed by atoms with van der Waals surface area (Å²) in [6.07, 6.45) is 0. The fourth-order valence-corrected chi connectivity index (χ4v) is 18.9. The molecular formula is C114H77LiO5. The van der Waals surface area contributed by atoms with E-state index in [4.69, 9.17) is 0 Å². The third kappa shape index (κ3) is 12.8. The molecule has 0 atom stereocenters. The van der Waals surface area contributed by atoms with Crippen molar-refractivity contribution in [1.29, 1.82) is 0 Å². The van der Waals surface area contributed by atoms with Crippen LogP contribution in [0.3, 0.4) is 0 Å². The van der Waals surface area contributed by atoms with Crippen LogP contribution in [0.1, 0.15) is 110 Å². The van der Waals surface area contributed by atoms with E-state index in [0.29, 0.717) is 22.3 Å². The van der Waals surface area contributed by atoms with Crippen molar-refractivity contribution in [3.05, 3.63) is 549 Å². The van der Waals surface area contributed by atoms with Crippen molar-refractivity contribution in [1.82, 2.24) is 0 Å². The SMILES string of the molecule is O.O=C1c2ccccc2C(=C2c3ccccc3C(=O)c3ccccc32)c2ccccc21.OC1(c2ccccc2)c2ccccc2C(=C2c3ccccc3C(O)(c3ccccc3)c3ccccc32)c2ccccc21.[Li+].[c-]1ccccc1.c1ccc(-c2c3ccccc3c(-c3c4ccccc4c(-c4ccccc4)c4ccccc34)c3ccccc23)cc1. The largest absolute Gasteiger partial charge is 1.00 e. The number of ketones is 2. The predicted octanol–water partition coefficient (Wildman–Crippen LogP) is 22.6. The van der Waals surface area contributed by atoms with Crippen LogP contribution in [0.15, 0.2) is 443 Å². The first-order chi connectivity index (χ1) is 58.3. The second-order valence-corrected chi connectivity index (χ2v) is 30.2. The molecule has 0 bridgehead atoms. The van der Waals surface area contributed by atoms with Crippen molar-refractivity contribution in [3.63, 3.8) is 0 Å². The third-order valence-corrected chi connectivity index (χ3v) is 23.8. The maximum absolute atomic E-state index is 13.2. The first-order valence-corrected chi connectivity index (χ1v) is 40.1. The van der Waals surface area contributed by atoms with Gasteiger partial charge in [-0.3, -0.25) is 9.59 Å². The molecule has 0 unspecified atom stereocenters. The van der Waals surface area contributed by atoms with Crippen molar-refractivity contribution >= 4 is 76.9 Å². The van der Waals surface area contributed by atoms with Gasteiger partial charge in [0.25, 0.3) is 0 Å². The minimum atomic E-state index is -1.32. The number of hydrogen-bond acceptors (Lipinski definition) is 4. The van der Waals surface area contributed by atoms with E-state index in [2.05, 4.69) is 188 Å². The van der Waals surface area contributed by atoms with Crippen LogP contribution >= 0.6 is 0 Å². The number of carbonyl (C=O) groups excluding carboxylic acids is 2. The van der Waals surface area contributed by atoms with Crippen LogP contribution in [0, 0.1) is 6.07 Å². The molecule has 4 N–H and O–H groups in total. The van der Waals surface area contributed by atoms with Crippen LogP contribution in [0.25, 0.3) is 98.8 Å². The zero-order valence-electron chi connectivity index (χ0n) is 65.9. The molecule has 4 aliphatic rings. The molecular weight excluding hydrogens is 1460 g/mol. The van der Waals surface area contributed by atoms with Gasteiger partial charge in [0.15, 0.2) is 11.6 Å². The molecule has 0 aliphatic heterocycles. The molecule has 120 heavy (non-hydrogen) atoms. The van der Waals surface area contributed by atoms with Crippen LogP contribution < -0.4 is 18.9 Å². The molecule has 6 heteroatoms. The summed E-state index contributed by atoms with van der Waals surface area (Å²) in [5.41, 5.74) is 24.6. The van der Waals surface area contributed by atoms with E-state index in [1.807, 2.05) is 261 Å². The summed E-state index contributed by atoms with van der Waals surface area (Å²) in [4.78, 5) is 26.4. The van der Waals surface area contributed by atoms with Gasteiger partial charge in [-0.25, -0.2) is 0 Å². The summed E-state index contributed by atoms with van der Waals surface area (Å²) in [5.74, 6) is 0.0815. The topological polar surface area (TPSA) is 106 Å². The summed E-state index contributed by atoms with van der Waals surface area (Å²) in [5, 5.41) is 35.7. The number of benzene rings is 19. The number of fused-ring (bicyclic) bond motifs is 12. The van der Waals surface area contributed by atoms with Crippen LogP contribution in [-0.4, -0.2) is 27.3 Å².